The van der Waals surface area contributed by atoms with Gasteiger partial charge in [0.2, 0.25) is 0 Å². The van der Waals surface area contributed by atoms with Gasteiger partial charge in [0.15, 0.2) is 0 Å². The molecule has 25 heavy (non-hydrogen) atoms. The number of carbonyl (C=O) groups excluding carboxylic acids is 1. The lowest BCUT2D eigenvalue weighted by Crippen LogP contribution is -2.31. The predicted molar refractivity (Wildman–Crippen MR) is 93.0 cm³/mol. The van der Waals surface area contributed by atoms with Crippen LogP contribution < -0.4 is 10.8 Å². The van der Waals surface area contributed by atoms with Crippen LogP contribution in [-0.4, -0.2) is 30.5 Å². The van der Waals surface area contributed by atoms with Crippen molar-refractivity contribution in [2.75, 3.05) is 11.6 Å². The fourth-order valence-corrected chi connectivity index (χ4v) is 2.57. The van der Waals surface area contributed by atoms with E-state index >= 15 is 0 Å². The van der Waals surface area contributed by atoms with Crippen molar-refractivity contribution < 1.29 is 17.5 Å². The minimum Gasteiger partial charge on any atom is -0.290 e. The first-order chi connectivity index (χ1) is 11.7. The first-order valence-electron chi connectivity index (χ1n) is 7.79. The SMILES string of the molecule is Cc1ccc(-n2nc(C3(C)CC3)cc2NC(=O)NOS(C)(=O)=O)cc1. The molecular formula is C16H20N4O4S. The highest BCUT2D eigenvalue weighted by Gasteiger charge is 2.42. The number of rotatable bonds is 5. The molecule has 2 aromatic rings. The number of hydrogen-bond acceptors (Lipinski definition) is 5. The van der Waals surface area contributed by atoms with E-state index in [4.69, 9.17) is 0 Å². The molecule has 0 unspecified atom stereocenters. The van der Waals surface area contributed by atoms with Crippen LogP contribution >= 0.6 is 0 Å². The Hall–Kier alpha value is -2.39. The zero-order chi connectivity index (χ0) is 18.2. The molecule has 1 fully saturated rings. The highest BCUT2D eigenvalue weighted by Crippen LogP contribution is 2.47. The Balaban J connectivity index is 1.87. The van der Waals surface area contributed by atoms with E-state index in [0.29, 0.717) is 5.82 Å². The van der Waals surface area contributed by atoms with Gasteiger partial charge in [0.25, 0.3) is 10.1 Å². The summed E-state index contributed by atoms with van der Waals surface area (Å²) in [5.74, 6) is 0.432. The maximum absolute atomic E-state index is 11.9. The second-order valence-electron chi connectivity index (χ2n) is 6.57. The highest BCUT2D eigenvalue weighted by atomic mass is 32.2. The second-order valence-corrected chi connectivity index (χ2v) is 8.14. The fraction of sp³-hybridized carbons (Fsp3) is 0.375. The summed E-state index contributed by atoms with van der Waals surface area (Å²) in [5.41, 5.74) is 4.65. The number of hydrogen-bond donors (Lipinski definition) is 2. The van der Waals surface area contributed by atoms with E-state index < -0.39 is 16.1 Å². The number of nitrogens with zero attached hydrogens (tertiary/aromatic N) is 2. The first kappa shape index (κ1) is 17.4. The molecule has 1 aromatic heterocycles. The lowest BCUT2D eigenvalue weighted by atomic mass is 10.1. The number of amides is 2. The number of aromatic nitrogens is 2. The van der Waals surface area contributed by atoms with E-state index in [-0.39, 0.29) is 5.41 Å². The van der Waals surface area contributed by atoms with Crippen LogP contribution in [0.15, 0.2) is 30.3 Å². The molecule has 0 spiro atoms. The molecule has 134 valence electrons. The third-order valence-electron chi connectivity index (χ3n) is 4.13. The summed E-state index contributed by atoms with van der Waals surface area (Å²) < 4.78 is 27.9. The number of anilines is 1. The van der Waals surface area contributed by atoms with Crippen LogP contribution in [0, 0.1) is 6.92 Å². The summed E-state index contributed by atoms with van der Waals surface area (Å²) in [6, 6.07) is 8.70. The monoisotopic (exact) mass is 364 g/mol. The van der Waals surface area contributed by atoms with Crippen LogP contribution in [0.2, 0.25) is 0 Å². The third kappa shape index (κ3) is 4.18. The van der Waals surface area contributed by atoms with Crippen molar-refractivity contribution >= 4 is 22.0 Å². The van der Waals surface area contributed by atoms with Crippen LogP contribution in [-0.2, 0) is 19.8 Å². The molecule has 1 aromatic carbocycles. The van der Waals surface area contributed by atoms with Gasteiger partial charge < -0.3 is 0 Å². The Bertz CT molecular complexity index is 899. The summed E-state index contributed by atoms with van der Waals surface area (Å²) in [5, 5.41) is 7.20. The number of carbonyl (C=O) groups is 1. The molecular weight excluding hydrogens is 344 g/mol. The first-order valence-corrected chi connectivity index (χ1v) is 9.61. The Morgan fingerprint density at radius 3 is 2.48 bits per heavy atom. The molecule has 0 atom stereocenters. The molecule has 0 bridgehead atoms. The predicted octanol–water partition coefficient (Wildman–Crippen LogP) is 2.24. The van der Waals surface area contributed by atoms with Gasteiger partial charge in [0, 0.05) is 11.5 Å². The summed E-state index contributed by atoms with van der Waals surface area (Å²) >= 11 is 0. The number of nitrogens with one attached hydrogen (secondary N) is 2. The quantitative estimate of drug-likeness (QED) is 0.792. The zero-order valence-corrected chi connectivity index (χ0v) is 15.1. The van der Waals surface area contributed by atoms with E-state index in [1.165, 1.54) is 0 Å². The van der Waals surface area contributed by atoms with E-state index in [9.17, 15) is 13.2 Å². The summed E-state index contributed by atoms with van der Waals surface area (Å²) in [7, 11) is -3.78. The maximum Gasteiger partial charge on any atom is 0.345 e. The molecule has 8 nitrogen and oxygen atoms in total. The third-order valence-corrected chi connectivity index (χ3v) is 4.52. The number of hydroxylamine groups is 1. The number of aryl methyl sites for hydroxylation is 1. The van der Waals surface area contributed by atoms with E-state index in [1.807, 2.05) is 36.7 Å². The van der Waals surface area contributed by atoms with Gasteiger partial charge in [-0.15, -0.1) is 4.28 Å². The van der Waals surface area contributed by atoms with Crippen molar-refractivity contribution in [3.63, 3.8) is 0 Å². The van der Waals surface area contributed by atoms with Crippen LogP contribution in [0.5, 0.6) is 0 Å². The van der Waals surface area contributed by atoms with Crippen molar-refractivity contribution in [1.82, 2.24) is 15.3 Å². The average molecular weight is 364 g/mol. The van der Waals surface area contributed by atoms with Gasteiger partial charge in [-0.05, 0) is 31.9 Å². The lowest BCUT2D eigenvalue weighted by molar-refractivity contribution is 0.194. The van der Waals surface area contributed by atoms with Gasteiger partial charge in [-0.3, -0.25) is 5.32 Å². The Morgan fingerprint density at radius 2 is 1.92 bits per heavy atom. The Morgan fingerprint density at radius 1 is 1.28 bits per heavy atom. The van der Waals surface area contributed by atoms with Crippen molar-refractivity contribution in [1.29, 1.82) is 0 Å². The van der Waals surface area contributed by atoms with Crippen LogP contribution in [0.1, 0.15) is 31.0 Å². The van der Waals surface area contributed by atoms with Crippen molar-refractivity contribution in [2.24, 2.45) is 0 Å². The molecule has 0 radical (unpaired) electrons. The molecule has 3 rings (SSSR count). The number of benzene rings is 1. The van der Waals surface area contributed by atoms with Crippen LogP contribution in [0.25, 0.3) is 5.69 Å². The largest absolute Gasteiger partial charge is 0.345 e. The van der Waals surface area contributed by atoms with Gasteiger partial charge in [-0.25, -0.2) is 9.48 Å². The molecule has 1 heterocycles. The molecule has 9 heteroatoms. The molecule has 0 aliphatic heterocycles. The van der Waals surface area contributed by atoms with E-state index in [2.05, 4.69) is 21.6 Å². The molecule has 2 N–H and O–H groups in total. The molecule has 1 saturated carbocycles. The smallest absolute Gasteiger partial charge is 0.290 e. The van der Waals surface area contributed by atoms with Gasteiger partial charge in [-0.1, -0.05) is 24.6 Å². The van der Waals surface area contributed by atoms with Gasteiger partial charge in [0.05, 0.1) is 17.6 Å². The Labute approximate surface area is 146 Å². The standard InChI is InChI=1S/C16H20N4O4S/c1-11-4-6-12(7-5-11)20-14(10-13(18-20)16(2)8-9-16)17-15(21)19-24-25(3,22)23/h4-7,10H,8-9H2,1-3H3,(H2,17,19,21). The average Bonchev–Trinajstić information content (AvgIpc) is 3.14. The van der Waals surface area contributed by atoms with Crippen molar-refractivity contribution in [2.45, 2.75) is 32.1 Å². The molecule has 2 amide bonds. The van der Waals surface area contributed by atoms with Crippen LogP contribution in [0.3, 0.4) is 0 Å². The molecule has 0 saturated heterocycles. The minimum absolute atomic E-state index is 0.0200. The second kappa shape index (κ2) is 6.16. The molecule has 1 aliphatic carbocycles. The molecule has 1 aliphatic rings. The number of urea groups is 1. The van der Waals surface area contributed by atoms with Gasteiger partial charge >= 0.3 is 6.03 Å². The maximum atomic E-state index is 11.9. The summed E-state index contributed by atoms with van der Waals surface area (Å²) in [4.78, 5) is 11.9. The van der Waals surface area contributed by atoms with Gasteiger partial charge in [0.1, 0.15) is 5.82 Å². The topological polar surface area (TPSA) is 102 Å². The van der Waals surface area contributed by atoms with E-state index in [1.54, 1.807) is 10.7 Å². The normalized spacial score (nSPS) is 15.6. The summed E-state index contributed by atoms with van der Waals surface area (Å²) in [6.07, 6.45) is 2.93. The van der Waals surface area contributed by atoms with Gasteiger partial charge in [-0.2, -0.15) is 19.0 Å². The zero-order valence-electron chi connectivity index (χ0n) is 14.2. The van der Waals surface area contributed by atoms with Crippen molar-refractivity contribution in [3.05, 3.63) is 41.6 Å². The van der Waals surface area contributed by atoms with Crippen molar-refractivity contribution in [3.8, 4) is 5.69 Å². The van der Waals surface area contributed by atoms with E-state index in [0.717, 1.165) is 36.0 Å². The minimum atomic E-state index is -3.78. The summed E-state index contributed by atoms with van der Waals surface area (Å²) in [6.45, 7) is 4.10. The Kier molecular flexibility index (Phi) is 4.29. The fourth-order valence-electron chi connectivity index (χ4n) is 2.35. The highest BCUT2D eigenvalue weighted by molar-refractivity contribution is 7.85. The van der Waals surface area contributed by atoms with Crippen LogP contribution in [0.4, 0.5) is 10.6 Å². The lowest BCUT2D eigenvalue weighted by Gasteiger charge is -2.09.